The first-order chi connectivity index (χ1) is 9.23. The predicted octanol–water partition coefficient (Wildman–Crippen LogP) is 0.226. The Balaban J connectivity index is 2.15. The van der Waals surface area contributed by atoms with E-state index >= 15 is 0 Å². The number of ether oxygens (including phenoxy) is 1. The Morgan fingerprint density at radius 1 is 1.55 bits per heavy atom. The van der Waals surface area contributed by atoms with Gasteiger partial charge >= 0.3 is 0 Å². The number of rotatable bonds is 4. The lowest BCUT2D eigenvalue weighted by atomic mass is 9.97. The molecule has 1 fully saturated rings. The van der Waals surface area contributed by atoms with Crippen LogP contribution in [0.25, 0.3) is 0 Å². The van der Waals surface area contributed by atoms with E-state index in [1.165, 1.54) is 0 Å². The smallest absolute Gasteiger partial charge is 0.240 e. The maximum absolute atomic E-state index is 13.2. The number of hydrogen-bond acceptors (Lipinski definition) is 5. The Labute approximate surface area is 116 Å². The maximum atomic E-state index is 13.2. The highest BCUT2D eigenvalue weighted by Crippen LogP contribution is 2.25. The molecule has 112 valence electrons. The number of hydrogen-bond donors (Lipinski definition) is 3. The van der Waals surface area contributed by atoms with Crippen LogP contribution in [0.3, 0.4) is 0 Å². The van der Waals surface area contributed by atoms with Gasteiger partial charge in [-0.25, -0.2) is 17.5 Å². The normalized spacial score (nSPS) is 26.9. The number of nitrogens with one attached hydrogen (secondary N) is 1. The number of anilines is 1. The molecule has 1 aliphatic rings. The van der Waals surface area contributed by atoms with Gasteiger partial charge in [-0.3, -0.25) is 0 Å². The Bertz CT molecular complexity index is 587. The van der Waals surface area contributed by atoms with Gasteiger partial charge in [-0.15, -0.1) is 0 Å². The van der Waals surface area contributed by atoms with Crippen LogP contribution >= 0.6 is 0 Å². The minimum absolute atomic E-state index is 0.0154. The molecule has 0 amide bonds. The number of halogens is 1. The van der Waals surface area contributed by atoms with Crippen LogP contribution in [0, 0.1) is 5.82 Å². The lowest BCUT2D eigenvalue weighted by Gasteiger charge is -2.26. The molecular formula is C12H17FN2O4S. The summed E-state index contributed by atoms with van der Waals surface area (Å²) < 4.78 is 44.8. The van der Waals surface area contributed by atoms with Crippen LogP contribution in [0.5, 0.6) is 0 Å². The summed E-state index contributed by atoms with van der Waals surface area (Å²) in [6.07, 6.45) is -0.134. The highest BCUT2D eigenvalue weighted by Gasteiger charge is 2.40. The van der Waals surface area contributed by atoms with Crippen molar-refractivity contribution in [3.63, 3.8) is 0 Å². The molecule has 0 aromatic heterocycles. The van der Waals surface area contributed by atoms with Crippen LogP contribution in [-0.4, -0.2) is 38.4 Å². The van der Waals surface area contributed by atoms with E-state index in [0.717, 1.165) is 18.2 Å². The first-order valence-corrected chi connectivity index (χ1v) is 7.61. The lowest BCUT2D eigenvalue weighted by Crippen LogP contribution is -2.47. The van der Waals surface area contributed by atoms with Crippen LogP contribution < -0.4 is 10.5 Å². The van der Waals surface area contributed by atoms with E-state index in [2.05, 4.69) is 4.72 Å². The van der Waals surface area contributed by atoms with E-state index in [1.54, 1.807) is 6.92 Å². The Morgan fingerprint density at radius 2 is 2.25 bits per heavy atom. The minimum Gasteiger partial charge on any atom is -0.399 e. The van der Waals surface area contributed by atoms with Crippen molar-refractivity contribution in [3.05, 3.63) is 24.0 Å². The van der Waals surface area contributed by atoms with Gasteiger partial charge in [0.05, 0.1) is 11.0 Å². The van der Waals surface area contributed by atoms with Gasteiger partial charge in [-0.2, -0.15) is 0 Å². The molecule has 0 radical (unpaired) electrons. The molecule has 1 aromatic rings. The van der Waals surface area contributed by atoms with Crippen LogP contribution in [0.1, 0.15) is 13.3 Å². The van der Waals surface area contributed by atoms with Gasteiger partial charge in [-0.05, 0) is 25.1 Å². The summed E-state index contributed by atoms with van der Waals surface area (Å²) in [7, 11) is -3.94. The van der Waals surface area contributed by atoms with Crippen LogP contribution in [-0.2, 0) is 14.8 Å². The highest BCUT2D eigenvalue weighted by molar-refractivity contribution is 7.89. The average Bonchev–Trinajstić information content (AvgIpc) is 2.67. The average molecular weight is 304 g/mol. The van der Waals surface area contributed by atoms with Crippen molar-refractivity contribution in [1.29, 1.82) is 0 Å². The molecule has 0 bridgehead atoms. The minimum atomic E-state index is -3.94. The zero-order valence-corrected chi connectivity index (χ0v) is 11.8. The van der Waals surface area contributed by atoms with Gasteiger partial charge in [0.15, 0.2) is 0 Å². The largest absolute Gasteiger partial charge is 0.399 e. The summed E-state index contributed by atoms with van der Waals surface area (Å²) in [4.78, 5) is -0.273. The Morgan fingerprint density at radius 3 is 2.80 bits per heavy atom. The number of aliphatic hydroxyl groups is 1. The summed E-state index contributed by atoms with van der Waals surface area (Å²) in [6.45, 7) is 1.83. The van der Waals surface area contributed by atoms with E-state index in [0.29, 0.717) is 13.0 Å². The van der Waals surface area contributed by atoms with Gasteiger partial charge < -0.3 is 15.6 Å². The van der Waals surface area contributed by atoms with Gasteiger partial charge in [0, 0.05) is 25.3 Å². The molecule has 6 nitrogen and oxygen atoms in total. The molecule has 1 aromatic carbocycles. The SMILES string of the molecule is CC1OCCC1(O)CNS(=O)(=O)c1cc(N)cc(F)c1. The molecule has 2 unspecified atom stereocenters. The second-order valence-corrected chi connectivity index (χ2v) is 6.68. The van der Waals surface area contributed by atoms with E-state index < -0.39 is 27.5 Å². The highest BCUT2D eigenvalue weighted by atomic mass is 32.2. The third-order valence-electron chi connectivity index (χ3n) is 3.43. The molecule has 8 heteroatoms. The monoisotopic (exact) mass is 304 g/mol. The summed E-state index contributed by atoms with van der Waals surface area (Å²) in [5.41, 5.74) is 4.18. The third kappa shape index (κ3) is 3.09. The zero-order valence-electron chi connectivity index (χ0n) is 11.0. The topological polar surface area (TPSA) is 102 Å². The van der Waals surface area contributed by atoms with Crippen molar-refractivity contribution in [2.24, 2.45) is 0 Å². The fraction of sp³-hybridized carbons (Fsp3) is 0.500. The maximum Gasteiger partial charge on any atom is 0.240 e. The van der Waals surface area contributed by atoms with E-state index in [-0.39, 0.29) is 17.1 Å². The van der Waals surface area contributed by atoms with Gasteiger partial charge in [-0.1, -0.05) is 0 Å². The molecule has 2 atom stereocenters. The van der Waals surface area contributed by atoms with Crippen molar-refractivity contribution < 1.29 is 22.7 Å². The fourth-order valence-corrected chi connectivity index (χ4v) is 3.21. The molecule has 1 aliphatic heterocycles. The van der Waals surface area contributed by atoms with E-state index in [9.17, 15) is 17.9 Å². The van der Waals surface area contributed by atoms with Gasteiger partial charge in [0.2, 0.25) is 10.0 Å². The molecular weight excluding hydrogens is 287 g/mol. The molecule has 1 saturated heterocycles. The van der Waals surface area contributed by atoms with Crippen LogP contribution in [0.4, 0.5) is 10.1 Å². The molecule has 20 heavy (non-hydrogen) atoms. The van der Waals surface area contributed by atoms with Crippen LogP contribution in [0.2, 0.25) is 0 Å². The summed E-state index contributed by atoms with van der Waals surface area (Å²) in [5.74, 6) is -0.735. The van der Waals surface area contributed by atoms with E-state index in [4.69, 9.17) is 10.5 Å². The van der Waals surface area contributed by atoms with Gasteiger partial charge in [0.25, 0.3) is 0 Å². The molecule has 4 N–H and O–H groups in total. The summed E-state index contributed by atoms with van der Waals surface area (Å²) >= 11 is 0. The van der Waals surface area contributed by atoms with E-state index in [1.807, 2.05) is 0 Å². The lowest BCUT2D eigenvalue weighted by molar-refractivity contribution is -0.0228. The number of sulfonamides is 1. The number of nitrogen functional groups attached to an aromatic ring is 1. The number of nitrogens with two attached hydrogens (primary N) is 1. The second-order valence-electron chi connectivity index (χ2n) is 4.91. The van der Waals surface area contributed by atoms with Crippen molar-refractivity contribution >= 4 is 15.7 Å². The quantitative estimate of drug-likeness (QED) is 0.691. The summed E-state index contributed by atoms with van der Waals surface area (Å²) in [6, 6.07) is 3.06. The first kappa shape index (κ1) is 15.2. The summed E-state index contributed by atoms with van der Waals surface area (Å²) in [5, 5.41) is 10.2. The Kier molecular flexibility index (Phi) is 4.01. The second kappa shape index (κ2) is 5.28. The van der Waals surface area contributed by atoms with Crippen LogP contribution in [0.15, 0.2) is 23.1 Å². The molecule has 0 spiro atoms. The molecule has 0 aliphatic carbocycles. The van der Waals surface area contributed by atoms with Crippen molar-refractivity contribution in [1.82, 2.24) is 4.72 Å². The van der Waals surface area contributed by atoms with Crippen molar-refractivity contribution in [3.8, 4) is 0 Å². The first-order valence-electron chi connectivity index (χ1n) is 6.13. The Hall–Kier alpha value is -1.22. The predicted molar refractivity (Wildman–Crippen MR) is 71.0 cm³/mol. The third-order valence-corrected chi connectivity index (χ3v) is 4.81. The molecule has 1 heterocycles. The molecule has 2 rings (SSSR count). The molecule has 0 saturated carbocycles. The zero-order chi connectivity index (χ0) is 15.0. The van der Waals surface area contributed by atoms with Gasteiger partial charge in [0.1, 0.15) is 11.4 Å². The van der Waals surface area contributed by atoms with Crippen molar-refractivity contribution in [2.75, 3.05) is 18.9 Å². The fourth-order valence-electron chi connectivity index (χ4n) is 2.05. The standard InChI is InChI=1S/C12H17FN2O4S/c1-8-12(16,2-3-19-8)7-15-20(17,18)11-5-9(13)4-10(14)6-11/h4-6,8,15-16H,2-3,7,14H2,1H3. The van der Waals surface area contributed by atoms with Crippen molar-refractivity contribution in [2.45, 2.75) is 29.9 Å². The number of benzene rings is 1.